The van der Waals surface area contributed by atoms with E-state index in [1.807, 2.05) is 12.3 Å². The molecule has 2 aromatic rings. The number of piperidine rings is 1. The number of nitrogens with one attached hydrogen (secondary N) is 1. The van der Waals surface area contributed by atoms with Gasteiger partial charge >= 0.3 is 0 Å². The molecule has 1 aliphatic rings. The first-order valence-corrected chi connectivity index (χ1v) is 6.62. The number of nitrogens with zero attached hydrogens (tertiary/aromatic N) is 4. The Morgan fingerprint density at radius 2 is 2.16 bits per heavy atom. The molecule has 1 aliphatic heterocycles. The van der Waals surface area contributed by atoms with Gasteiger partial charge in [0.05, 0.1) is 0 Å². The first-order valence-electron chi connectivity index (χ1n) is 6.62. The summed E-state index contributed by atoms with van der Waals surface area (Å²) in [6, 6.07) is 5.10. The molecule has 1 fully saturated rings. The fraction of sp³-hybridized carbons (Fsp3) is 0.462. The molecule has 0 unspecified atom stereocenters. The van der Waals surface area contributed by atoms with Gasteiger partial charge in [-0.15, -0.1) is 5.10 Å². The van der Waals surface area contributed by atoms with Gasteiger partial charge in [0, 0.05) is 25.0 Å². The second-order valence-electron chi connectivity index (χ2n) is 4.86. The van der Waals surface area contributed by atoms with Gasteiger partial charge in [-0.1, -0.05) is 0 Å². The Morgan fingerprint density at radius 1 is 1.32 bits per heavy atom. The van der Waals surface area contributed by atoms with E-state index in [9.17, 15) is 4.79 Å². The summed E-state index contributed by atoms with van der Waals surface area (Å²) >= 11 is 0. The van der Waals surface area contributed by atoms with Gasteiger partial charge < -0.3 is 5.32 Å². The van der Waals surface area contributed by atoms with Crippen molar-refractivity contribution in [2.75, 3.05) is 13.1 Å². The third kappa shape index (κ3) is 2.73. The van der Waals surface area contributed by atoms with Gasteiger partial charge in [0.15, 0.2) is 5.82 Å². The summed E-state index contributed by atoms with van der Waals surface area (Å²) in [5, 5.41) is 11.9. The zero-order chi connectivity index (χ0) is 13.1. The van der Waals surface area contributed by atoms with E-state index in [0.29, 0.717) is 18.3 Å². The molecular weight excluding hydrogens is 242 g/mol. The third-order valence-electron chi connectivity index (χ3n) is 3.48. The summed E-state index contributed by atoms with van der Waals surface area (Å²) in [7, 11) is 0. The SMILES string of the molecule is O=c1ccc(-n2cccn2)nn1CC1CCNCC1. The van der Waals surface area contributed by atoms with Gasteiger partial charge in [-0.25, -0.2) is 9.36 Å². The Kier molecular flexibility index (Phi) is 3.41. The molecule has 0 aromatic carbocycles. The van der Waals surface area contributed by atoms with Gasteiger partial charge in [-0.3, -0.25) is 4.79 Å². The van der Waals surface area contributed by atoms with Crippen molar-refractivity contribution in [2.45, 2.75) is 19.4 Å². The van der Waals surface area contributed by atoms with E-state index in [2.05, 4.69) is 15.5 Å². The third-order valence-corrected chi connectivity index (χ3v) is 3.48. The fourth-order valence-corrected chi connectivity index (χ4v) is 2.40. The van der Waals surface area contributed by atoms with E-state index in [1.165, 1.54) is 0 Å². The van der Waals surface area contributed by atoms with Crippen LogP contribution in [-0.2, 0) is 6.54 Å². The maximum absolute atomic E-state index is 11.9. The van der Waals surface area contributed by atoms with E-state index in [1.54, 1.807) is 27.7 Å². The van der Waals surface area contributed by atoms with Crippen molar-refractivity contribution in [1.82, 2.24) is 24.9 Å². The molecule has 100 valence electrons. The average molecular weight is 259 g/mol. The second kappa shape index (κ2) is 5.36. The van der Waals surface area contributed by atoms with E-state index in [0.717, 1.165) is 25.9 Å². The van der Waals surface area contributed by atoms with Gasteiger partial charge in [-0.05, 0) is 44.0 Å². The zero-order valence-electron chi connectivity index (χ0n) is 10.7. The highest BCUT2D eigenvalue weighted by molar-refractivity contribution is 5.17. The minimum absolute atomic E-state index is 0.0468. The number of aromatic nitrogens is 4. The smallest absolute Gasteiger partial charge is 0.266 e. The molecule has 1 saturated heterocycles. The Balaban J connectivity index is 1.84. The molecule has 0 bridgehead atoms. The maximum Gasteiger partial charge on any atom is 0.266 e. The zero-order valence-corrected chi connectivity index (χ0v) is 10.7. The van der Waals surface area contributed by atoms with Gasteiger partial charge in [0.1, 0.15) is 0 Å². The summed E-state index contributed by atoms with van der Waals surface area (Å²) in [5.41, 5.74) is -0.0468. The Hall–Kier alpha value is -1.95. The lowest BCUT2D eigenvalue weighted by Gasteiger charge is -2.22. The van der Waals surface area contributed by atoms with Crippen molar-refractivity contribution in [3.05, 3.63) is 40.9 Å². The van der Waals surface area contributed by atoms with Crippen LogP contribution in [0.25, 0.3) is 5.82 Å². The van der Waals surface area contributed by atoms with Crippen molar-refractivity contribution >= 4 is 0 Å². The van der Waals surface area contributed by atoms with E-state index in [-0.39, 0.29) is 5.56 Å². The van der Waals surface area contributed by atoms with Crippen LogP contribution >= 0.6 is 0 Å². The molecule has 19 heavy (non-hydrogen) atoms. The van der Waals surface area contributed by atoms with Crippen LogP contribution in [0.3, 0.4) is 0 Å². The van der Waals surface area contributed by atoms with Crippen molar-refractivity contribution in [3.63, 3.8) is 0 Å². The normalized spacial score (nSPS) is 16.6. The van der Waals surface area contributed by atoms with Gasteiger partial charge in [-0.2, -0.15) is 5.10 Å². The summed E-state index contributed by atoms with van der Waals surface area (Å²) < 4.78 is 3.23. The molecule has 0 radical (unpaired) electrons. The largest absolute Gasteiger partial charge is 0.317 e. The number of hydrogen-bond acceptors (Lipinski definition) is 4. The summed E-state index contributed by atoms with van der Waals surface area (Å²) in [5.74, 6) is 1.21. The molecule has 3 rings (SSSR count). The predicted molar refractivity (Wildman–Crippen MR) is 71.2 cm³/mol. The van der Waals surface area contributed by atoms with Crippen LogP contribution < -0.4 is 10.9 Å². The summed E-state index contributed by atoms with van der Waals surface area (Å²) in [6.45, 7) is 2.74. The van der Waals surface area contributed by atoms with E-state index < -0.39 is 0 Å². The Labute approximate surface area is 111 Å². The highest BCUT2D eigenvalue weighted by Crippen LogP contribution is 2.13. The highest BCUT2D eigenvalue weighted by atomic mass is 16.1. The van der Waals surface area contributed by atoms with Crippen molar-refractivity contribution in [2.24, 2.45) is 5.92 Å². The lowest BCUT2D eigenvalue weighted by molar-refractivity contribution is 0.314. The molecule has 0 atom stereocenters. The monoisotopic (exact) mass is 259 g/mol. The molecule has 6 nitrogen and oxygen atoms in total. The molecule has 0 saturated carbocycles. The highest BCUT2D eigenvalue weighted by Gasteiger charge is 2.15. The predicted octanol–water partition coefficient (Wildman–Crippen LogP) is 0.429. The van der Waals surface area contributed by atoms with Gasteiger partial charge in [0.2, 0.25) is 0 Å². The first-order chi connectivity index (χ1) is 9.33. The average Bonchev–Trinajstić information content (AvgIpc) is 2.96. The van der Waals surface area contributed by atoms with E-state index in [4.69, 9.17) is 0 Å². The first kappa shape index (κ1) is 12.1. The second-order valence-corrected chi connectivity index (χ2v) is 4.86. The topological polar surface area (TPSA) is 64.7 Å². The molecule has 2 aromatic heterocycles. The number of rotatable bonds is 3. The van der Waals surface area contributed by atoms with Gasteiger partial charge in [0.25, 0.3) is 5.56 Å². The molecule has 1 N–H and O–H groups in total. The fourth-order valence-electron chi connectivity index (χ4n) is 2.40. The molecule has 0 spiro atoms. The van der Waals surface area contributed by atoms with Crippen LogP contribution in [-0.4, -0.2) is 32.7 Å². The minimum atomic E-state index is -0.0468. The van der Waals surface area contributed by atoms with Crippen LogP contribution in [0.5, 0.6) is 0 Å². The molecule has 6 heteroatoms. The molecular formula is C13H17N5O. The lowest BCUT2D eigenvalue weighted by atomic mass is 9.98. The van der Waals surface area contributed by atoms with Crippen LogP contribution in [0, 0.1) is 5.92 Å². The quantitative estimate of drug-likeness (QED) is 0.868. The Morgan fingerprint density at radius 3 is 2.89 bits per heavy atom. The molecule has 3 heterocycles. The van der Waals surface area contributed by atoms with Crippen LogP contribution in [0.4, 0.5) is 0 Å². The minimum Gasteiger partial charge on any atom is -0.317 e. The molecule has 0 aliphatic carbocycles. The van der Waals surface area contributed by atoms with E-state index >= 15 is 0 Å². The van der Waals surface area contributed by atoms with Crippen LogP contribution in [0.1, 0.15) is 12.8 Å². The van der Waals surface area contributed by atoms with Crippen molar-refractivity contribution in [3.8, 4) is 5.82 Å². The summed E-state index contributed by atoms with van der Waals surface area (Å²) in [4.78, 5) is 11.9. The standard InChI is InChI=1S/C13H17N5O/c19-13-3-2-12(17-9-1-6-15-17)16-18(13)10-11-4-7-14-8-5-11/h1-3,6,9,11,14H,4-5,7-8,10H2. The summed E-state index contributed by atoms with van der Waals surface area (Å²) in [6.07, 6.45) is 5.71. The Bertz CT molecular complexity index is 583. The van der Waals surface area contributed by atoms with Crippen LogP contribution in [0.15, 0.2) is 35.4 Å². The van der Waals surface area contributed by atoms with Crippen molar-refractivity contribution in [1.29, 1.82) is 0 Å². The maximum atomic E-state index is 11.9. The van der Waals surface area contributed by atoms with Crippen molar-refractivity contribution < 1.29 is 0 Å². The molecule has 0 amide bonds. The lowest BCUT2D eigenvalue weighted by Crippen LogP contribution is -2.33. The van der Waals surface area contributed by atoms with Crippen LogP contribution in [0.2, 0.25) is 0 Å². The number of hydrogen-bond donors (Lipinski definition) is 1.